The van der Waals surface area contributed by atoms with Gasteiger partial charge in [0.05, 0.1) is 19.1 Å². The summed E-state index contributed by atoms with van der Waals surface area (Å²) in [5.74, 6) is -3.51. The van der Waals surface area contributed by atoms with Gasteiger partial charge in [0.15, 0.2) is 0 Å². The lowest BCUT2D eigenvalue weighted by Crippen LogP contribution is -2.49. The number of carbonyl (C=O) groups is 2. The van der Waals surface area contributed by atoms with E-state index >= 15 is 8.78 Å². The van der Waals surface area contributed by atoms with Crippen molar-refractivity contribution in [2.24, 2.45) is 5.92 Å². The number of halogens is 4. The minimum atomic E-state index is -1.56. The third-order valence-corrected chi connectivity index (χ3v) is 9.96. The fourth-order valence-electron chi connectivity index (χ4n) is 6.83. The molecular weight excluding hydrogens is 727 g/mol. The first-order chi connectivity index (χ1) is 24.3. The van der Waals surface area contributed by atoms with Crippen molar-refractivity contribution in [2.45, 2.75) is 71.6 Å². The first kappa shape index (κ1) is 38.1. The highest BCUT2D eigenvalue weighted by Crippen LogP contribution is 2.41. The molecular formula is C39H43BrF3N3O5. The molecule has 1 aliphatic carbocycles. The molecule has 2 N–H and O–H groups in total. The highest BCUT2D eigenvalue weighted by Gasteiger charge is 2.35. The van der Waals surface area contributed by atoms with Crippen molar-refractivity contribution in [2.75, 3.05) is 26.2 Å². The number of esters is 1. The summed E-state index contributed by atoms with van der Waals surface area (Å²) in [4.78, 5) is 43.5. The van der Waals surface area contributed by atoms with E-state index in [1.165, 1.54) is 41.1 Å². The standard InChI is InChI=1S/C39H43BrF3N3O5/c1-5-25-15-24(12-13-45-20-28(41)21-45)19-46(39(25)50)37(29-17-27(40)10-11-31(29)42)38(49)44-32(18-34(48)51-6-2)30-16-26(14-23(4)36(30)43)35-22(3)8-7-9-33(35)47/h7-11,15-17,19,23,28,32,37,47H,5-6,12-14,18,20-21H2,1-4H3,(H,44,49)/t23?,32-,37?/m0/s1. The number of alkyl halides is 1. The summed E-state index contributed by atoms with van der Waals surface area (Å²) in [7, 11) is 0. The molecule has 2 heterocycles. The van der Waals surface area contributed by atoms with Crippen LogP contribution in [0.15, 0.2) is 75.4 Å². The van der Waals surface area contributed by atoms with Gasteiger partial charge >= 0.3 is 5.97 Å². The van der Waals surface area contributed by atoms with E-state index in [9.17, 15) is 23.9 Å². The van der Waals surface area contributed by atoms with Crippen molar-refractivity contribution < 1.29 is 32.6 Å². The van der Waals surface area contributed by atoms with E-state index in [0.717, 1.165) is 5.56 Å². The van der Waals surface area contributed by atoms with Crippen LogP contribution in [0.5, 0.6) is 5.75 Å². The summed E-state index contributed by atoms with van der Waals surface area (Å²) in [6, 6.07) is 8.03. The summed E-state index contributed by atoms with van der Waals surface area (Å²) in [5, 5.41) is 13.6. The fraction of sp³-hybridized carbons (Fsp3) is 0.410. The molecule has 1 aromatic heterocycles. The van der Waals surface area contributed by atoms with Crippen LogP contribution in [0.2, 0.25) is 0 Å². The Kier molecular flexibility index (Phi) is 12.3. The molecule has 2 aromatic carbocycles. The van der Waals surface area contributed by atoms with Crippen LogP contribution in [0.25, 0.3) is 5.57 Å². The molecule has 0 radical (unpaired) electrons. The second-order valence-electron chi connectivity index (χ2n) is 13.2. The van der Waals surface area contributed by atoms with Gasteiger partial charge in [0.25, 0.3) is 5.56 Å². The zero-order valence-electron chi connectivity index (χ0n) is 29.1. The maximum atomic E-state index is 16.2. The average Bonchev–Trinajstić information content (AvgIpc) is 3.06. The molecule has 2 aliphatic rings. The third kappa shape index (κ3) is 8.66. The number of phenols is 1. The number of ether oxygens (including phenoxy) is 1. The predicted molar refractivity (Wildman–Crippen MR) is 193 cm³/mol. The van der Waals surface area contributed by atoms with Gasteiger partial charge in [-0.3, -0.25) is 23.9 Å². The zero-order valence-corrected chi connectivity index (χ0v) is 30.7. The Morgan fingerprint density at radius 1 is 1.14 bits per heavy atom. The monoisotopic (exact) mass is 769 g/mol. The first-order valence-electron chi connectivity index (χ1n) is 17.2. The predicted octanol–water partition coefficient (Wildman–Crippen LogP) is 6.90. The molecule has 272 valence electrons. The summed E-state index contributed by atoms with van der Waals surface area (Å²) in [6.07, 6.45) is 2.77. The minimum absolute atomic E-state index is 0.0101. The van der Waals surface area contributed by atoms with Crippen LogP contribution in [-0.2, 0) is 27.2 Å². The van der Waals surface area contributed by atoms with E-state index in [1.807, 2.05) is 17.9 Å². The van der Waals surface area contributed by atoms with Crippen LogP contribution in [0.3, 0.4) is 0 Å². The molecule has 1 fully saturated rings. The number of benzene rings is 2. The number of rotatable bonds is 13. The number of hydrogen-bond donors (Lipinski definition) is 2. The van der Waals surface area contributed by atoms with Gasteiger partial charge in [-0.15, -0.1) is 0 Å². The van der Waals surface area contributed by atoms with Crippen LogP contribution >= 0.6 is 15.9 Å². The molecule has 1 aliphatic heterocycles. The second kappa shape index (κ2) is 16.5. The van der Waals surface area contributed by atoms with Crippen molar-refractivity contribution in [3.8, 4) is 5.75 Å². The number of nitrogens with zero attached hydrogens (tertiary/aromatic N) is 2. The second-order valence-corrected chi connectivity index (χ2v) is 14.1. The Hall–Kier alpha value is -4.16. The van der Waals surface area contributed by atoms with Crippen LogP contribution in [0.4, 0.5) is 13.2 Å². The SMILES string of the molecule is CCOC(=O)C[C@H](NC(=O)C(c1cc(Br)ccc1F)n1cc(CCN2CC(F)C2)cc(CC)c1=O)C1=C(F)C(C)CC(c2c(C)cccc2O)=C1. The van der Waals surface area contributed by atoms with E-state index in [4.69, 9.17) is 4.74 Å². The maximum Gasteiger partial charge on any atom is 0.308 e. The van der Waals surface area contributed by atoms with E-state index in [0.29, 0.717) is 59.2 Å². The molecule has 3 aromatic rings. The first-order valence-corrected chi connectivity index (χ1v) is 18.0. The average molecular weight is 771 g/mol. The minimum Gasteiger partial charge on any atom is -0.507 e. The molecule has 1 amide bonds. The summed E-state index contributed by atoms with van der Waals surface area (Å²) >= 11 is 3.36. The van der Waals surface area contributed by atoms with Gasteiger partial charge in [0.2, 0.25) is 5.91 Å². The van der Waals surface area contributed by atoms with E-state index in [1.54, 1.807) is 32.9 Å². The number of nitrogens with one attached hydrogen (secondary N) is 1. The molecule has 0 saturated carbocycles. The number of aryl methyl sites for hydroxylation is 2. The quantitative estimate of drug-likeness (QED) is 0.184. The Morgan fingerprint density at radius 3 is 2.55 bits per heavy atom. The third-order valence-electron chi connectivity index (χ3n) is 9.47. The van der Waals surface area contributed by atoms with Gasteiger partial charge in [-0.25, -0.2) is 13.2 Å². The number of likely N-dealkylation sites (tertiary alicyclic amines) is 1. The number of phenolic OH excluding ortho intramolecular Hbond substituents is 1. The van der Waals surface area contributed by atoms with Crippen molar-refractivity contribution in [1.29, 1.82) is 0 Å². The van der Waals surface area contributed by atoms with Crippen LogP contribution in [-0.4, -0.2) is 64.9 Å². The number of carbonyl (C=O) groups excluding carboxylic acids is 2. The topological polar surface area (TPSA) is 101 Å². The van der Waals surface area contributed by atoms with Crippen molar-refractivity contribution >= 4 is 33.4 Å². The lowest BCUT2D eigenvalue weighted by molar-refractivity contribution is -0.143. The lowest BCUT2D eigenvalue weighted by atomic mass is 9.82. The molecule has 0 bridgehead atoms. The van der Waals surface area contributed by atoms with Crippen molar-refractivity contribution in [3.05, 3.63) is 115 Å². The van der Waals surface area contributed by atoms with Gasteiger partial charge < -0.3 is 15.2 Å². The number of aromatic nitrogens is 1. The largest absolute Gasteiger partial charge is 0.507 e. The number of allylic oxidation sites excluding steroid dienone is 2. The van der Waals surface area contributed by atoms with E-state index in [-0.39, 0.29) is 29.9 Å². The van der Waals surface area contributed by atoms with E-state index < -0.39 is 59.7 Å². The van der Waals surface area contributed by atoms with Gasteiger partial charge in [-0.2, -0.15) is 0 Å². The van der Waals surface area contributed by atoms with E-state index in [2.05, 4.69) is 21.2 Å². The number of pyridine rings is 1. The lowest BCUT2D eigenvalue weighted by Gasteiger charge is -2.34. The number of aromatic hydroxyl groups is 1. The zero-order chi connectivity index (χ0) is 37.0. The Balaban J connectivity index is 1.61. The number of amides is 1. The summed E-state index contributed by atoms with van der Waals surface area (Å²) < 4.78 is 52.2. The smallest absolute Gasteiger partial charge is 0.308 e. The molecule has 51 heavy (non-hydrogen) atoms. The highest BCUT2D eigenvalue weighted by molar-refractivity contribution is 9.10. The highest BCUT2D eigenvalue weighted by atomic mass is 79.9. The Bertz CT molecular complexity index is 1900. The van der Waals surface area contributed by atoms with Crippen molar-refractivity contribution in [3.63, 3.8) is 0 Å². The van der Waals surface area contributed by atoms with Crippen LogP contribution in [0, 0.1) is 18.7 Å². The van der Waals surface area contributed by atoms with Crippen LogP contribution in [0.1, 0.15) is 67.5 Å². The maximum absolute atomic E-state index is 16.2. The molecule has 0 spiro atoms. The molecule has 5 rings (SSSR count). The molecule has 1 saturated heterocycles. The Morgan fingerprint density at radius 2 is 1.88 bits per heavy atom. The van der Waals surface area contributed by atoms with Gasteiger partial charge in [-0.1, -0.05) is 48.0 Å². The molecule has 12 heteroatoms. The normalized spacial score (nSPS) is 17.8. The number of hydrogen-bond acceptors (Lipinski definition) is 6. The molecule has 2 unspecified atom stereocenters. The van der Waals surface area contributed by atoms with Crippen molar-refractivity contribution in [1.82, 2.24) is 14.8 Å². The summed E-state index contributed by atoms with van der Waals surface area (Å²) in [6.45, 7) is 8.14. The summed E-state index contributed by atoms with van der Waals surface area (Å²) in [5.41, 5.74) is 2.39. The fourth-order valence-corrected chi connectivity index (χ4v) is 7.21. The van der Waals surface area contributed by atoms with Gasteiger partial charge in [0.1, 0.15) is 29.6 Å². The Labute approximate surface area is 304 Å². The van der Waals surface area contributed by atoms with Crippen LogP contribution < -0.4 is 10.9 Å². The van der Waals surface area contributed by atoms with Gasteiger partial charge in [0, 0.05) is 58.5 Å². The molecule has 3 atom stereocenters. The molecule has 8 nitrogen and oxygen atoms in total. The van der Waals surface area contributed by atoms with Gasteiger partial charge in [-0.05, 0) is 80.1 Å².